The van der Waals surface area contributed by atoms with Gasteiger partial charge in [0.1, 0.15) is 13.2 Å². The van der Waals surface area contributed by atoms with Crippen molar-refractivity contribution in [3.8, 4) is 0 Å². The minimum atomic E-state index is -0.773. The number of allylic oxidation sites excluding steroid dienone is 10. The summed E-state index contributed by atoms with van der Waals surface area (Å²) in [4.78, 5) is 37.8. The maximum absolute atomic E-state index is 12.8. The minimum absolute atomic E-state index is 0.0748. The lowest BCUT2D eigenvalue weighted by Gasteiger charge is -2.18. The first-order valence-corrected chi connectivity index (χ1v) is 26.3. The van der Waals surface area contributed by atoms with Crippen LogP contribution in [0.3, 0.4) is 0 Å². The first-order valence-electron chi connectivity index (χ1n) is 26.3. The normalized spacial score (nSPS) is 12.5. The molecule has 0 saturated heterocycles. The first-order chi connectivity index (χ1) is 30.5. The van der Waals surface area contributed by atoms with E-state index in [1.54, 1.807) is 0 Å². The highest BCUT2D eigenvalue weighted by Crippen LogP contribution is 2.15. The molecule has 0 fully saturated rings. The van der Waals surface area contributed by atoms with E-state index in [0.717, 1.165) is 96.3 Å². The molecule has 0 radical (unpaired) electrons. The second-order valence-corrected chi connectivity index (χ2v) is 17.4. The zero-order valence-electron chi connectivity index (χ0n) is 40.9. The van der Waals surface area contributed by atoms with Crippen LogP contribution in [-0.4, -0.2) is 37.2 Å². The molecule has 6 nitrogen and oxygen atoms in total. The van der Waals surface area contributed by atoms with Crippen molar-refractivity contribution in [3.63, 3.8) is 0 Å². The van der Waals surface area contributed by atoms with Gasteiger partial charge in [-0.3, -0.25) is 14.4 Å². The Morgan fingerprint density at radius 1 is 0.339 bits per heavy atom. The summed E-state index contributed by atoms with van der Waals surface area (Å²) in [6, 6.07) is 0. The van der Waals surface area contributed by atoms with Crippen LogP contribution in [0.1, 0.15) is 258 Å². The molecule has 0 N–H and O–H groups in total. The van der Waals surface area contributed by atoms with Gasteiger partial charge in [-0.1, -0.05) is 236 Å². The molecule has 0 bridgehead atoms. The number of rotatable bonds is 47. The number of hydrogen-bond acceptors (Lipinski definition) is 6. The molecule has 0 aromatic heterocycles. The summed E-state index contributed by atoms with van der Waals surface area (Å²) in [6.07, 6.45) is 62.1. The maximum atomic E-state index is 12.8. The predicted octanol–water partition coefficient (Wildman–Crippen LogP) is 17.3. The molecule has 0 saturated carbocycles. The van der Waals surface area contributed by atoms with E-state index < -0.39 is 6.10 Å². The molecule has 6 heteroatoms. The highest BCUT2D eigenvalue weighted by molar-refractivity contribution is 5.71. The quantitative estimate of drug-likeness (QED) is 0.0262. The van der Waals surface area contributed by atoms with Crippen LogP contribution in [0.25, 0.3) is 0 Å². The highest BCUT2D eigenvalue weighted by Gasteiger charge is 2.19. The monoisotopic (exact) mass is 867 g/mol. The van der Waals surface area contributed by atoms with E-state index in [4.69, 9.17) is 14.2 Å². The summed E-state index contributed by atoms with van der Waals surface area (Å²) in [5.41, 5.74) is 0. The fourth-order valence-electron chi connectivity index (χ4n) is 7.35. The zero-order valence-corrected chi connectivity index (χ0v) is 40.9. The van der Waals surface area contributed by atoms with Gasteiger partial charge in [-0.15, -0.1) is 0 Å². The number of esters is 3. The van der Waals surface area contributed by atoms with Gasteiger partial charge >= 0.3 is 17.9 Å². The number of carbonyl (C=O) groups is 3. The van der Waals surface area contributed by atoms with Crippen LogP contribution in [0.15, 0.2) is 60.8 Å². The molecule has 0 heterocycles. The Labute approximate surface area is 383 Å². The fraction of sp³-hybridized carbons (Fsp3) is 0.768. The molecule has 0 aliphatic heterocycles. The van der Waals surface area contributed by atoms with E-state index in [1.807, 2.05) is 0 Å². The zero-order chi connectivity index (χ0) is 45.1. The summed E-state index contributed by atoms with van der Waals surface area (Å²) >= 11 is 0. The number of carbonyl (C=O) groups excluding carboxylic acids is 3. The van der Waals surface area contributed by atoms with Gasteiger partial charge in [-0.2, -0.15) is 0 Å². The predicted molar refractivity (Wildman–Crippen MR) is 265 cm³/mol. The average Bonchev–Trinajstić information content (AvgIpc) is 3.27. The molecular formula is C56H98O6. The molecular weight excluding hydrogens is 769 g/mol. The van der Waals surface area contributed by atoms with Crippen LogP contribution in [0, 0.1) is 0 Å². The Bertz CT molecular complexity index is 1130. The van der Waals surface area contributed by atoms with Crippen LogP contribution in [0.5, 0.6) is 0 Å². The Kier molecular flexibility index (Phi) is 48.4. The van der Waals surface area contributed by atoms with Crippen LogP contribution >= 0.6 is 0 Å². The third-order valence-corrected chi connectivity index (χ3v) is 11.3. The van der Waals surface area contributed by atoms with E-state index in [-0.39, 0.29) is 31.1 Å². The Morgan fingerprint density at radius 2 is 0.629 bits per heavy atom. The summed E-state index contributed by atoms with van der Waals surface area (Å²) in [5.74, 6) is -0.884. The Hall–Kier alpha value is -2.89. The minimum Gasteiger partial charge on any atom is -0.462 e. The van der Waals surface area contributed by atoms with E-state index in [0.29, 0.717) is 19.3 Å². The standard InChI is InChI=1S/C56H98O6/c1-4-7-10-13-16-19-21-23-24-25-26-27-28-29-30-31-32-34-35-37-40-43-46-49-55(58)61-52-53(51-60-54(57)48-45-42-39-18-15-12-9-6-3)62-56(59)50-47-44-41-38-36-33-22-20-17-14-11-8-5-2/h7,10,16,19,23-24,26-27,29-30,53H,4-6,8-9,11-15,17-18,20-22,25,28,31-52H2,1-3H3/b10-7-,19-16-,24-23-,27-26-,30-29-. The van der Waals surface area contributed by atoms with E-state index in [9.17, 15) is 14.4 Å². The molecule has 0 aliphatic carbocycles. The summed E-state index contributed by atoms with van der Waals surface area (Å²) < 4.78 is 16.7. The van der Waals surface area contributed by atoms with Crippen LogP contribution in [-0.2, 0) is 28.6 Å². The van der Waals surface area contributed by atoms with Gasteiger partial charge in [0.25, 0.3) is 0 Å². The second-order valence-electron chi connectivity index (χ2n) is 17.4. The average molecular weight is 867 g/mol. The number of unbranched alkanes of at least 4 members (excludes halogenated alkanes) is 26. The topological polar surface area (TPSA) is 78.9 Å². The van der Waals surface area contributed by atoms with Gasteiger partial charge in [-0.25, -0.2) is 0 Å². The molecule has 0 aromatic rings. The molecule has 0 amide bonds. The van der Waals surface area contributed by atoms with Crippen LogP contribution in [0.2, 0.25) is 0 Å². The van der Waals surface area contributed by atoms with Gasteiger partial charge < -0.3 is 14.2 Å². The molecule has 0 aliphatic rings. The smallest absolute Gasteiger partial charge is 0.306 e. The summed E-state index contributed by atoms with van der Waals surface area (Å²) in [7, 11) is 0. The lowest BCUT2D eigenvalue weighted by Crippen LogP contribution is -2.30. The highest BCUT2D eigenvalue weighted by atomic mass is 16.6. The maximum Gasteiger partial charge on any atom is 0.306 e. The van der Waals surface area contributed by atoms with Gasteiger partial charge in [0.05, 0.1) is 0 Å². The molecule has 0 spiro atoms. The molecule has 1 atom stereocenters. The number of ether oxygens (including phenoxy) is 3. The van der Waals surface area contributed by atoms with E-state index in [1.165, 1.54) is 122 Å². The first kappa shape index (κ1) is 59.1. The van der Waals surface area contributed by atoms with Crippen molar-refractivity contribution in [1.82, 2.24) is 0 Å². The lowest BCUT2D eigenvalue weighted by atomic mass is 10.0. The van der Waals surface area contributed by atoms with Crippen LogP contribution < -0.4 is 0 Å². The third-order valence-electron chi connectivity index (χ3n) is 11.3. The van der Waals surface area contributed by atoms with Crippen molar-refractivity contribution in [2.24, 2.45) is 0 Å². The van der Waals surface area contributed by atoms with Crippen molar-refractivity contribution in [2.75, 3.05) is 13.2 Å². The van der Waals surface area contributed by atoms with Gasteiger partial charge in [-0.05, 0) is 64.2 Å². The molecule has 0 aromatic carbocycles. The number of hydrogen-bond donors (Lipinski definition) is 0. The van der Waals surface area contributed by atoms with E-state index in [2.05, 4.69) is 81.5 Å². The molecule has 358 valence electrons. The van der Waals surface area contributed by atoms with Crippen molar-refractivity contribution < 1.29 is 28.6 Å². The largest absolute Gasteiger partial charge is 0.462 e. The van der Waals surface area contributed by atoms with Crippen molar-refractivity contribution in [1.29, 1.82) is 0 Å². The van der Waals surface area contributed by atoms with Gasteiger partial charge in [0, 0.05) is 19.3 Å². The second kappa shape index (κ2) is 50.8. The van der Waals surface area contributed by atoms with Crippen LogP contribution in [0.4, 0.5) is 0 Å². The lowest BCUT2D eigenvalue weighted by molar-refractivity contribution is -0.167. The Morgan fingerprint density at radius 3 is 0.984 bits per heavy atom. The molecule has 62 heavy (non-hydrogen) atoms. The van der Waals surface area contributed by atoms with E-state index >= 15 is 0 Å². The van der Waals surface area contributed by atoms with Crippen molar-refractivity contribution in [2.45, 2.75) is 264 Å². The van der Waals surface area contributed by atoms with Crippen molar-refractivity contribution >= 4 is 17.9 Å². The van der Waals surface area contributed by atoms with Gasteiger partial charge in [0.15, 0.2) is 6.10 Å². The SMILES string of the molecule is CC/C=C\C/C=C\C/C=C\C/C=C\C/C=C\CCCCCCCCCC(=O)OCC(COC(=O)CCCCCCCCCC)OC(=O)CCCCCCCCCCCCCCC. The van der Waals surface area contributed by atoms with Crippen molar-refractivity contribution in [3.05, 3.63) is 60.8 Å². The summed E-state index contributed by atoms with van der Waals surface area (Å²) in [5, 5.41) is 0. The van der Waals surface area contributed by atoms with Gasteiger partial charge in [0.2, 0.25) is 0 Å². The molecule has 0 rings (SSSR count). The third kappa shape index (κ3) is 48.1. The Balaban J connectivity index is 4.24. The summed E-state index contributed by atoms with van der Waals surface area (Å²) in [6.45, 7) is 6.49. The molecule has 1 unspecified atom stereocenters. The fourth-order valence-corrected chi connectivity index (χ4v) is 7.35.